The van der Waals surface area contributed by atoms with Gasteiger partial charge in [-0.1, -0.05) is 0 Å². The van der Waals surface area contributed by atoms with E-state index in [1.54, 1.807) is 18.2 Å². The lowest BCUT2D eigenvalue weighted by Gasteiger charge is -2.10. The van der Waals surface area contributed by atoms with Gasteiger partial charge in [-0.25, -0.2) is 13.6 Å². The lowest BCUT2D eigenvalue weighted by molar-refractivity contribution is 0.0476. The summed E-state index contributed by atoms with van der Waals surface area (Å²) in [4.78, 5) is 11.6. The molecular formula is C11H11F2IO3. The van der Waals surface area contributed by atoms with Crippen LogP contribution in [0.5, 0.6) is 5.75 Å². The van der Waals surface area contributed by atoms with Gasteiger partial charge < -0.3 is 9.47 Å². The van der Waals surface area contributed by atoms with Crippen LogP contribution < -0.4 is 4.74 Å². The number of halogens is 3. The van der Waals surface area contributed by atoms with E-state index in [-0.39, 0.29) is 24.5 Å². The van der Waals surface area contributed by atoms with Gasteiger partial charge in [0.05, 0.1) is 0 Å². The standard InChI is InChI=1S/C11H11F2IO3/c12-3-5-16-10-2-1-8(14)7-9(10)11(15)17-6-4-13/h1-2,7H,3-6H2. The van der Waals surface area contributed by atoms with E-state index in [9.17, 15) is 13.6 Å². The predicted molar refractivity (Wildman–Crippen MR) is 66.9 cm³/mol. The number of ether oxygens (including phenoxy) is 2. The van der Waals surface area contributed by atoms with Crippen LogP contribution >= 0.6 is 22.6 Å². The number of rotatable bonds is 6. The molecule has 0 heterocycles. The minimum absolute atomic E-state index is 0.135. The summed E-state index contributed by atoms with van der Waals surface area (Å²) in [5.41, 5.74) is 0.179. The third kappa shape index (κ3) is 4.45. The summed E-state index contributed by atoms with van der Waals surface area (Å²) in [5.74, 6) is -0.429. The number of alkyl halides is 2. The van der Waals surface area contributed by atoms with Crippen molar-refractivity contribution >= 4 is 28.6 Å². The van der Waals surface area contributed by atoms with E-state index in [1.807, 2.05) is 22.6 Å². The Balaban J connectivity index is 2.85. The van der Waals surface area contributed by atoms with Crippen LogP contribution in [0, 0.1) is 3.57 Å². The minimum Gasteiger partial charge on any atom is -0.490 e. The van der Waals surface area contributed by atoms with Crippen LogP contribution in [-0.4, -0.2) is 32.5 Å². The zero-order valence-electron chi connectivity index (χ0n) is 8.92. The van der Waals surface area contributed by atoms with Gasteiger partial charge >= 0.3 is 5.97 Å². The summed E-state index contributed by atoms with van der Waals surface area (Å²) in [6, 6.07) is 4.83. The molecule has 0 aliphatic carbocycles. The van der Waals surface area contributed by atoms with E-state index in [2.05, 4.69) is 4.74 Å². The molecule has 0 saturated heterocycles. The summed E-state index contributed by atoms with van der Waals surface area (Å²) < 4.78 is 34.4. The average molecular weight is 356 g/mol. The first-order chi connectivity index (χ1) is 8.19. The van der Waals surface area contributed by atoms with E-state index in [1.165, 1.54) is 0 Å². The molecule has 94 valence electrons. The zero-order chi connectivity index (χ0) is 12.7. The molecule has 0 bridgehead atoms. The molecule has 0 fully saturated rings. The second-order valence-corrected chi connectivity index (χ2v) is 4.25. The molecule has 3 nitrogen and oxygen atoms in total. The number of carbonyl (C=O) groups is 1. The summed E-state index contributed by atoms with van der Waals surface area (Å²) in [7, 11) is 0. The first-order valence-corrected chi connectivity index (χ1v) is 5.98. The van der Waals surface area contributed by atoms with Gasteiger partial charge in [0.1, 0.15) is 37.9 Å². The highest BCUT2D eigenvalue weighted by Gasteiger charge is 2.14. The van der Waals surface area contributed by atoms with Crippen LogP contribution in [0.25, 0.3) is 0 Å². The van der Waals surface area contributed by atoms with Crippen LogP contribution in [0.15, 0.2) is 18.2 Å². The lowest BCUT2D eigenvalue weighted by atomic mass is 10.2. The Kier molecular flexibility index (Phi) is 6.17. The van der Waals surface area contributed by atoms with E-state index in [4.69, 9.17) is 4.74 Å². The van der Waals surface area contributed by atoms with Crippen LogP contribution in [0.4, 0.5) is 8.78 Å². The Labute approximate surface area is 111 Å². The number of benzene rings is 1. The van der Waals surface area contributed by atoms with Crippen molar-refractivity contribution in [3.63, 3.8) is 0 Å². The van der Waals surface area contributed by atoms with Gasteiger partial charge in [0.2, 0.25) is 0 Å². The maximum absolute atomic E-state index is 12.0. The fraction of sp³-hybridized carbons (Fsp3) is 0.364. The van der Waals surface area contributed by atoms with Gasteiger partial charge in [-0.05, 0) is 40.8 Å². The first-order valence-electron chi connectivity index (χ1n) is 4.90. The van der Waals surface area contributed by atoms with Crippen molar-refractivity contribution in [1.82, 2.24) is 0 Å². The summed E-state index contributed by atoms with van der Waals surface area (Å²) >= 11 is 2.02. The molecule has 0 radical (unpaired) electrons. The third-order valence-electron chi connectivity index (χ3n) is 1.81. The summed E-state index contributed by atoms with van der Waals surface area (Å²) in [6.45, 7) is -1.82. The summed E-state index contributed by atoms with van der Waals surface area (Å²) in [5, 5.41) is 0. The van der Waals surface area contributed by atoms with E-state index in [0.29, 0.717) is 0 Å². The maximum Gasteiger partial charge on any atom is 0.342 e. The van der Waals surface area contributed by atoms with Crippen LogP contribution in [0.2, 0.25) is 0 Å². The molecular weight excluding hydrogens is 345 g/mol. The smallest absolute Gasteiger partial charge is 0.342 e. The topological polar surface area (TPSA) is 35.5 Å². The number of esters is 1. The average Bonchev–Trinajstić information content (AvgIpc) is 2.34. The maximum atomic E-state index is 12.0. The Hall–Kier alpha value is -0.920. The van der Waals surface area contributed by atoms with Crippen molar-refractivity contribution in [2.75, 3.05) is 26.6 Å². The van der Waals surface area contributed by atoms with Crippen molar-refractivity contribution in [1.29, 1.82) is 0 Å². The fourth-order valence-corrected chi connectivity index (χ4v) is 1.64. The van der Waals surface area contributed by atoms with Gasteiger partial charge in [-0.2, -0.15) is 0 Å². The van der Waals surface area contributed by atoms with Gasteiger partial charge in [-0.15, -0.1) is 0 Å². The molecule has 0 atom stereocenters. The highest BCUT2D eigenvalue weighted by Crippen LogP contribution is 2.22. The summed E-state index contributed by atoms with van der Waals surface area (Å²) in [6.07, 6.45) is 0. The van der Waals surface area contributed by atoms with Gasteiger partial charge in [0, 0.05) is 3.57 Å². The van der Waals surface area contributed by atoms with E-state index in [0.717, 1.165) is 3.57 Å². The molecule has 1 aromatic rings. The van der Waals surface area contributed by atoms with Crippen molar-refractivity contribution < 1.29 is 23.0 Å². The second-order valence-electron chi connectivity index (χ2n) is 3.00. The second kappa shape index (κ2) is 7.41. The van der Waals surface area contributed by atoms with Crippen molar-refractivity contribution in [2.24, 2.45) is 0 Å². The van der Waals surface area contributed by atoms with Crippen molar-refractivity contribution in [3.8, 4) is 5.75 Å². The molecule has 6 heteroatoms. The van der Waals surface area contributed by atoms with Crippen LogP contribution in [0.3, 0.4) is 0 Å². The lowest BCUT2D eigenvalue weighted by Crippen LogP contribution is -2.11. The van der Waals surface area contributed by atoms with Gasteiger partial charge in [0.15, 0.2) is 0 Å². The molecule has 1 aromatic carbocycles. The molecule has 1 rings (SSSR count). The Bertz CT molecular complexity index is 385. The van der Waals surface area contributed by atoms with Crippen molar-refractivity contribution in [2.45, 2.75) is 0 Å². The van der Waals surface area contributed by atoms with E-state index < -0.39 is 19.3 Å². The fourth-order valence-electron chi connectivity index (χ4n) is 1.15. The molecule has 0 amide bonds. The van der Waals surface area contributed by atoms with E-state index >= 15 is 0 Å². The van der Waals surface area contributed by atoms with Crippen LogP contribution in [0.1, 0.15) is 10.4 Å². The number of hydrogen-bond acceptors (Lipinski definition) is 3. The first kappa shape index (κ1) is 14.1. The largest absolute Gasteiger partial charge is 0.490 e. The molecule has 0 saturated carbocycles. The number of carbonyl (C=O) groups excluding carboxylic acids is 1. The SMILES string of the molecule is O=C(OCCF)c1cc(I)ccc1OCCF. The highest BCUT2D eigenvalue weighted by atomic mass is 127. The van der Waals surface area contributed by atoms with Gasteiger partial charge in [0.25, 0.3) is 0 Å². The Morgan fingerprint density at radius 1 is 1.24 bits per heavy atom. The third-order valence-corrected chi connectivity index (χ3v) is 2.48. The highest BCUT2D eigenvalue weighted by molar-refractivity contribution is 14.1. The normalized spacial score (nSPS) is 10.1. The molecule has 0 aromatic heterocycles. The molecule has 17 heavy (non-hydrogen) atoms. The van der Waals surface area contributed by atoms with Crippen molar-refractivity contribution in [3.05, 3.63) is 27.3 Å². The minimum atomic E-state index is -0.740. The predicted octanol–water partition coefficient (Wildman–Crippen LogP) is 2.77. The Morgan fingerprint density at radius 3 is 2.59 bits per heavy atom. The molecule has 0 aliphatic rings. The Morgan fingerprint density at radius 2 is 1.94 bits per heavy atom. The molecule has 0 aliphatic heterocycles. The quantitative estimate of drug-likeness (QED) is 0.581. The molecule has 0 spiro atoms. The molecule has 0 unspecified atom stereocenters. The number of hydrogen-bond donors (Lipinski definition) is 0. The van der Waals surface area contributed by atoms with Crippen LogP contribution in [-0.2, 0) is 4.74 Å². The molecule has 0 N–H and O–H groups in total. The monoisotopic (exact) mass is 356 g/mol. The zero-order valence-corrected chi connectivity index (χ0v) is 11.1. The van der Waals surface area contributed by atoms with Gasteiger partial charge in [-0.3, -0.25) is 0 Å².